The first-order valence-electron chi connectivity index (χ1n) is 7.78. The highest BCUT2D eigenvalue weighted by atomic mass is 16.2. The van der Waals surface area contributed by atoms with Gasteiger partial charge in [0.15, 0.2) is 0 Å². The molecule has 0 aromatic heterocycles. The van der Waals surface area contributed by atoms with E-state index in [2.05, 4.69) is 30.1 Å². The van der Waals surface area contributed by atoms with Crippen molar-refractivity contribution in [1.82, 2.24) is 10.2 Å². The highest BCUT2D eigenvalue weighted by Gasteiger charge is 2.51. The number of fused-ring (bicyclic) bond motifs is 1. The zero-order valence-electron chi connectivity index (χ0n) is 12.2. The molecule has 2 fully saturated rings. The van der Waals surface area contributed by atoms with Crippen molar-refractivity contribution in [2.45, 2.75) is 51.5 Å². The monoisotopic (exact) mass is 262 g/mol. The molecule has 0 aromatic carbocycles. The number of hydrogen-bond donors (Lipinski definition) is 1. The Morgan fingerprint density at radius 3 is 2.95 bits per heavy atom. The molecule has 1 amide bonds. The van der Waals surface area contributed by atoms with E-state index < -0.39 is 0 Å². The third kappa shape index (κ3) is 2.33. The maximum absolute atomic E-state index is 12.6. The number of hydrogen-bond acceptors (Lipinski definition) is 2. The van der Waals surface area contributed by atoms with Crippen LogP contribution in [0.2, 0.25) is 0 Å². The lowest BCUT2D eigenvalue weighted by Crippen LogP contribution is -2.47. The molecule has 2 heterocycles. The van der Waals surface area contributed by atoms with Gasteiger partial charge in [0.1, 0.15) is 0 Å². The van der Waals surface area contributed by atoms with E-state index in [9.17, 15) is 4.79 Å². The number of allylic oxidation sites excluding steroid dienone is 1. The Labute approximate surface area is 116 Å². The predicted octanol–water partition coefficient (Wildman–Crippen LogP) is 2.33. The molecule has 3 aliphatic rings. The topological polar surface area (TPSA) is 32.3 Å². The summed E-state index contributed by atoms with van der Waals surface area (Å²) in [6.45, 7) is 7.61. The fourth-order valence-electron chi connectivity index (χ4n) is 4.20. The average Bonchev–Trinajstić information content (AvgIpc) is 2.93. The van der Waals surface area contributed by atoms with Crippen LogP contribution in [0.25, 0.3) is 0 Å². The average molecular weight is 262 g/mol. The van der Waals surface area contributed by atoms with E-state index in [0.717, 1.165) is 26.1 Å². The normalized spacial score (nSPS) is 33.2. The molecule has 1 N–H and O–H groups in total. The minimum Gasteiger partial charge on any atom is -0.337 e. The lowest BCUT2D eigenvalue weighted by Gasteiger charge is -2.36. The molecule has 3 heteroatoms. The molecule has 2 atom stereocenters. The van der Waals surface area contributed by atoms with Crippen LogP contribution >= 0.6 is 0 Å². The van der Waals surface area contributed by atoms with Crippen molar-refractivity contribution in [1.29, 1.82) is 0 Å². The van der Waals surface area contributed by atoms with Gasteiger partial charge in [0, 0.05) is 31.6 Å². The lowest BCUT2D eigenvalue weighted by molar-refractivity contribution is -0.134. The number of nitrogens with one attached hydrogen (secondary N) is 1. The second kappa shape index (κ2) is 4.93. The number of carbonyl (C=O) groups excluding carboxylic acids is 1. The van der Waals surface area contributed by atoms with Crippen molar-refractivity contribution < 1.29 is 4.79 Å². The molecule has 0 radical (unpaired) electrons. The van der Waals surface area contributed by atoms with E-state index >= 15 is 0 Å². The number of nitrogens with zero attached hydrogens (tertiary/aromatic N) is 1. The second-order valence-corrected chi connectivity index (χ2v) is 6.97. The minimum atomic E-state index is 0.0283. The minimum absolute atomic E-state index is 0.0283. The quantitative estimate of drug-likeness (QED) is 0.775. The summed E-state index contributed by atoms with van der Waals surface area (Å²) >= 11 is 0. The number of amides is 1. The standard InChI is InChI=1S/C16H26N2O/c1-16(2)14-10-17-9-13(14)11-18(16)15(19)8-12-6-4-3-5-7-12/h6,13-14,17H,3-5,7-11H2,1-2H3. The van der Waals surface area contributed by atoms with E-state index in [1.807, 2.05) is 0 Å². The van der Waals surface area contributed by atoms with Gasteiger partial charge in [-0.05, 0) is 51.4 Å². The molecule has 19 heavy (non-hydrogen) atoms. The molecule has 3 rings (SSSR count). The predicted molar refractivity (Wildman–Crippen MR) is 76.8 cm³/mol. The SMILES string of the molecule is CC1(C)C2CNCC2CN1C(=O)CC1=CCCCC1. The molecule has 0 aromatic rings. The van der Waals surface area contributed by atoms with Crippen LogP contribution in [0.15, 0.2) is 11.6 Å². The molecule has 106 valence electrons. The Kier molecular flexibility index (Phi) is 3.42. The Morgan fingerprint density at radius 1 is 1.42 bits per heavy atom. The van der Waals surface area contributed by atoms with Crippen molar-refractivity contribution in [2.24, 2.45) is 11.8 Å². The van der Waals surface area contributed by atoms with E-state index in [4.69, 9.17) is 0 Å². The summed E-state index contributed by atoms with van der Waals surface area (Å²) in [7, 11) is 0. The van der Waals surface area contributed by atoms with Gasteiger partial charge in [0.05, 0.1) is 0 Å². The maximum atomic E-state index is 12.6. The van der Waals surface area contributed by atoms with Crippen molar-refractivity contribution in [3.63, 3.8) is 0 Å². The first kappa shape index (κ1) is 13.2. The first-order chi connectivity index (χ1) is 9.09. The summed E-state index contributed by atoms with van der Waals surface area (Å²) in [6, 6.07) is 0. The molecule has 3 nitrogen and oxygen atoms in total. The van der Waals surface area contributed by atoms with Gasteiger partial charge in [0.2, 0.25) is 5.91 Å². The smallest absolute Gasteiger partial charge is 0.227 e. The number of likely N-dealkylation sites (tertiary alicyclic amines) is 1. The Hall–Kier alpha value is -0.830. The summed E-state index contributed by atoms with van der Waals surface area (Å²) in [5.74, 6) is 1.66. The molecule has 0 saturated carbocycles. The summed E-state index contributed by atoms with van der Waals surface area (Å²) in [4.78, 5) is 14.8. The van der Waals surface area contributed by atoms with Crippen molar-refractivity contribution >= 4 is 5.91 Å². The Balaban J connectivity index is 1.68. The van der Waals surface area contributed by atoms with Crippen LogP contribution in [0.4, 0.5) is 0 Å². The summed E-state index contributed by atoms with van der Waals surface area (Å²) in [5.41, 5.74) is 1.41. The third-order valence-corrected chi connectivity index (χ3v) is 5.42. The van der Waals surface area contributed by atoms with Gasteiger partial charge in [-0.1, -0.05) is 11.6 Å². The van der Waals surface area contributed by atoms with Crippen LogP contribution < -0.4 is 5.32 Å². The second-order valence-electron chi connectivity index (χ2n) is 6.97. The highest BCUT2D eigenvalue weighted by Crippen LogP contribution is 2.41. The summed E-state index contributed by atoms with van der Waals surface area (Å²) < 4.78 is 0. The zero-order valence-corrected chi connectivity index (χ0v) is 12.2. The molecular weight excluding hydrogens is 236 g/mol. The summed E-state index contributed by atoms with van der Waals surface area (Å²) in [5, 5.41) is 3.47. The molecule has 2 saturated heterocycles. The molecular formula is C16H26N2O. The fourth-order valence-corrected chi connectivity index (χ4v) is 4.20. The fraction of sp³-hybridized carbons (Fsp3) is 0.812. The van der Waals surface area contributed by atoms with E-state index in [-0.39, 0.29) is 5.54 Å². The maximum Gasteiger partial charge on any atom is 0.227 e. The van der Waals surface area contributed by atoms with E-state index in [1.54, 1.807) is 0 Å². The first-order valence-corrected chi connectivity index (χ1v) is 7.78. The van der Waals surface area contributed by atoms with Crippen molar-refractivity contribution in [3.05, 3.63) is 11.6 Å². The zero-order chi connectivity index (χ0) is 13.5. The Bertz CT molecular complexity index is 400. The van der Waals surface area contributed by atoms with Gasteiger partial charge >= 0.3 is 0 Å². The van der Waals surface area contributed by atoms with Crippen LogP contribution in [0.3, 0.4) is 0 Å². The van der Waals surface area contributed by atoms with Crippen molar-refractivity contribution in [2.75, 3.05) is 19.6 Å². The van der Waals surface area contributed by atoms with E-state index in [1.165, 1.54) is 24.8 Å². The molecule has 2 unspecified atom stereocenters. The molecule has 0 spiro atoms. The van der Waals surface area contributed by atoms with Crippen LogP contribution in [0.5, 0.6) is 0 Å². The largest absolute Gasteiger partial charge is 0.337 e. The van der Waals surface area contributed by atoms with Crippen LogP contribution in [0.1, 0.15) is 46.0 Å². The highest BCUT2D eigenvalue weighted by molar-refractivity contribution is 5.80. The molecule has 2 aliphatic heterocycles. The van der Waals surface area contributed by atoms with Gasteiger partial charge in [-0.25, -0.2) is 0 Å². The number of rotatable bonds is 2. The summed E-state index contributed by atoms with van der Waals surface area (Å²) in [6.07, 6.45) is 7.82. The number of carbonyl (C=O) groups is 1. The molecule has 1 aliphatic carbocycles. The van der Waals surface area contributed by atoms with Gasteiger partial charge in [-0.2, -0.15) is 0 Å². The third-order valence-electron chi connectivity index (χ3n) is 5.42. The van der Waals surface area contributed by atoms with Crippen LogP contribution in [-0.2, 0) is 4.79 Å². The van der Waals surface area contributed by atoms with Crippen LogP contribution in [-0.4, -0.2) is 36.0 Å². The van der Waals surface area contributed by atoms with Crippen LogP contribution in [0, 0.1) is 11.8 Å². The van der Waals surface area contributed by atoms with Gasteiger partial charge < -0.3 is 10.2 Å². The molecule has 0 bridgehead atoms. The van der Waals surface area contributed by atoms with Gasteiger partial charge in [0.25, 0.3) is 0 Å². The Morgan fingerprint density at radius 2 is 2.26 bits per heavy atom. The van der Waals surface area contributed by atoms with Gasteiger partial charge in [-0.3, -0.25) is 4.79 Å². The van der Waals surface area contributed by atoms with Gasteiger partial charge in [-0.15, -0.1) is 0 Å². The van der Waals surface area contributed by atoms with E-state index in [0.29, 0.717) is 24.2 Å². The lowest BCUT2D eigenvalue weighted by atomic mass is 9.84. The van der Waals surface area contributed by atoms with Crippen molar-refractivity contribution in [3.8, 4) is 0 Å².